The molecule has 87 heavy (non-hydrogen) atoms. The fourth-order valence-corrected chi connectivity index (χ4v) is 12.0. The van der Waals surface area contributed by atoms with Crippen molar-refractivity contribution in [2.45, 2.75) is 194 Å². The van der Waals surface area contributed by atoms with E-state index in [1.165, 1.54) is 83.5 Å². The van der Waals surface area contributed by atoms with Crippen molar-refractivity contribution in [1.82, 2.24) is 25.9 Å². The van der Waals surface area contributed by atoms with Gasteiger partial charge in [0.1, 0.15) is 11.6 Å². The van der Waals surface area contributed by atoms with Crippen LogP contribution in [0.15, 0.2) is 54.7 Å². The quantitative estimate of drug-likeness (QED) is 0.0236. The first kappa shape index (κ1) is 73.9. The highest BCUT2D eigenvalue weighted by Gasteiger charge is 2.35. The third kappa shape index (κ3) is 29.1. The number of hydrogen-bond acceptors (Lipinski definition) is 12. The van der Waals surface area contributed by atoms with E-state index in [1.807, 2.05) is 67.4 Å². The maximum atomic E-state index is 15.0. The largest absolute Gasteiger partial charge is 1.00 e. The molecular formula is C68H111ClN10O8. The van der Waals surface area contributed by atoms with Crippen LogP contribution in [-0.4, -0.2) is 142 Å². The van der Waals surface area contributed by atoms with Crippen LogP contribution in [0.2, 0.25) is 0 Å². The first-order valence-electron chi connectivity index (χ1n) is 33.0. The number of carbonyl (C=O) groups excluding carboxylic acids is 4. The molecule has 5 rings (SSSR count). The second kappa shape index (κ2) is 40.9. The van der Waals surface area contributed by atoms with E-state index in [0.717, 1.165) is 87.8 Å². The molecular weight excluding hydrogens is 1120 g/mol. The molecule has 2 aliphatic rings. The second-order valence-corrected chi connectivity index (χ2v) is 25.7. The number of rotatable bonds is 46. The monoisotopic (exact) mass is 1230 g/mol. The van der Waals surface area contributed by atoms with Crippen LogP contribution in [0.4, 0.5) is 11.5 Å². The molecule has 3 heterocycles. The van der Waals surface area contributed by atoms with Crippen molar-refractivity contribution in [1.29, 1.82) is 0 Å². The van der Waals surface area contributed by atoms with Crippen molar-refractivity contribution in [3.63, 3.8) is 0 Å². The molecule has 3 aromatic rings. The van der Waals surface area contributed by atoms with E-state index in [4.69, 9.17) is 25.9 Å². The number of hydrogen-bond donors (Lipinski definition) is 6. The Morgan fingerprint density at radius 1 is 0.724 bits per heavy atom. The minimum Gasteiger partial charge on any atom is -1.00 e. The number of anilines is 2. The molecule has 0 radical (unpaired) electrons. The molecule has 0 unspecified atom stereocenters. The Labute approximate surface area is 528 Å². The predicted molar refractivity (Wildman–Crippen MR) is 345 cm³/mol. The summed E-state index contributed by atoms with van der Waals surface area (Å²) in [4.78, 5) is 77.4. The van der Waals surface area contributed by atoms with Gasteiger partial charge in [0.2, 0.25) is 23.6 Å². The number of methoxy groups -OCH3 is 1. The Bertz CT molecular complexity index is 2470. The van der Waals surface area contributed by atoms with Gasteiger partial charge in [0.25, 0.3) is 5.91 Å². The highest BCUT2D eigenvalue weighted by molar-refractivity contribution is 6.09. The molecule has 1 atom stereocenters. The van der Waals surface area contributed by atoms with Gasteiger partial charge >= 0.3 is 5.97 Å². The van der Waals surface area contributed by atoms with Gasteiger partial charge in [0.05, 0.1) is 77.5 Å². The van der Waals surface area contributed by atoms with Crippen LogP contribution in [0.25, 0.3) is 0 Å². The van der Waals surface area contributed by atoms with Crippen molar-refractivity contribution in [3.8, 4) is 11.6 Å². The van der Waals surface area contributed by atoms with Crippen LogP contribution >= 0.6 is 0 Å². The van der Waals surface area contributed by atoms with Crippen molar-refractivity contribution in [2.24, 2.45) is 28.7 Å². The SMILES string of the molecule is COc1ccc(C(=O)N(CC(C)(C)CCCCCCCCCCCCCCCCCCCC(=O)NCC[N+](C)(CCC(=O)NCCN)CCC(=O)NCCN)c2cccc(C)n2)c(N2CCC(COc3cc([C@@H](CC(=O)O)C4CC4)ccn3)CC2)c1.[Cl-]. The zero-order chi connectivity index (χ0) is 62.0. The number of aromatic nitrogens is 2. The van der Waals surface area contributed by atoms with Crippen LogP contribution < -0.4 is 59.1 Å². The average molecular weight is 1230 g/mol. The third-order valence-corrected chi connectivity index (χ3v) is 17.5. The maximum Gasteiger partial charge on any atom is 0.303 e. The zero-order valence-corrected chi connectivity index (χ0v) is 54.6. The molecule has 4 amide bonds. The Hall–Kier alpha value is -5.56. The van der Waals surface area contributed by atoms with Crippen LogP contribution in [0.5, 0.6) is 11.6 Å². The van der Waals surface area contributed by atoms with E-state index in [1.54, 1.807) is 13.3 Å². The average Bonchev–Trinajstić information content (AvgIpc) is 3.26. The minimum absolute atomic E-state index is 0. The lowest BCUT2D eigenvalue weighted by Gasteiger charge is -2.36. The van der Waals surface area contributed by atoms with E-state index < -0.39 is 5.97 Å². The lowest BCUT2D eigenvalue weighted by molar-refractivity contribution is -0.907. The summed E-state index contributed by atoms with van der Waals surface area (Å²) in [7, 11) is 3.70. The number of nitrogens with zero attached hydrogens (tertiary/aromatic N) is 5. The number of halogens is 1. The van der Waals surface area contributed by atoms with E-state index in [-0.39, 0.29) is 53.8 Å². The number of carbonyl (C=O) groups is 5. The number of ether oxygens (including phenoxy) is 2. The predicted octanol–water partition coefficient (Wildman–Crippen LogP) is 7.64. The maximum absolute atomic E-state index is 15.0. The number of piperidine rings is 1. The molecule has 1 aliphatic carbocycles. The van der Waals surface area contributed by atoms with Crippen molar-refractivity contribution in [3.05, 3.63) is 71.5 Å². The molecule has 0 spiro atoms. The Kier molecular flexibility index (Phi) is 34.7. The highest BCUT2D eigenvalue weighted by Crippen LogP contribution is 2.45. The van der Waals surface area contributed by atoms with Crippen LogP contribution in [0.1, 0.15) is 208 Å². The second-order valence-electron chi connectivity index (χ2n) is 25.7. The fourth-order valence-electron chi connectivity index (χ4n) is 12.0. The topological polar surface area (TPSA) is 244 Å². The smallest absolute Gasteiger partial charge is 0.303 e. The molecule has 18 nitrogen and oxygen atoms in total. The minimum atomic E-state index is -0.776. The summed E-state index contributed by atoms with van der Waals surface area (Å²) in [6.45, 7) is 13.1. The van der Waals surface area contributed by atoms with Crippen LogP contribution in [0, 0.1) is 24.2 Å². The number of nitrogens with one attached hydrogen (secondary N) is 3. The number of nitrogens with two attached hydrogens (primary N) is 2. The first-order valence-corrected chi connectivity index (χ1v) is 33.0. The van der Waals surface area contributed by atoms with Gasteiger partial charge in [-0.05, 0) is 105 Å². The summed E-state index contributed by atoms with van der Waals surface area (Å²) in [6.07, 6.45) is 28.8. The van der Waals surface area contributed by atoms with Gasteiger partial charge in [-0.3, -0.25) is 28.9 Å². The van der Waals surface area contributed by atoms with Crippen LogP contribution in [-0.2, 0) is 19.2 Å². The number of quaternary nitrogens is 1. The molecule has 1 saturated heterocycles. The summed E-state index contributed by atoms with van der Waals surface area (Å²) in [5.41, 5.74) is 14.3. The number of unbranched alkanes of at least 4 members (excludes halogenated alkanes) is 16. The molecule has 2 aromatic heterocycles. The number of carboxylic acid groups (broad SMARTS) is 1. The standard InChI is InChI=1S/C68H110N10O8.ClH/c1-53-24-23-25-61(75-53)77(67(84)58-30-29-57(85-5)49-60(58)76-43-32-54(33-44-76)51-86-65-48-56(31-39-74-65)59(50-66(82)83)55-27-28-55)52-68(2,3)36-22-20-18-16-14-12-10-8-6-7-9-11-13-15-17-19-21-26-62(79)73-42-47-78(4,45-34-63(80)71-40-37-69)46-35-64(81)72-41-38-70;/h23-25,29-31,39,48-49,54-55,59H,6-22,26-28,32-38,40-47,50-52,69-70H2,1-5H3,(H3-,71,72,73,79,80,81,82,83);1H/t59-;/m0./s1. The summed E-state index contributed by atoms with van der Waals surface area (Å²) in [5, 5.41) is 18.2. The number of likely N-dealkylation sites (N-methyl/N-ethyl adjacent to an activating group) is 1. The summed E-state index contributed by atoms with van der Waals surface area (Å²) in [5.74, 6) is 1.75. The first-order chi connectivity index (χ1) is 41.5. The molecule has 1 saturated carbocycles. The number of benzene rings is 1. The summed E-state index contributed by atoms with van der Waals surface area (Å²) >= 11 is 0. The van der Waals surface area contributed by atoms with Crippen LogP contribution in [0.3, 0.4) is 0 Å². The number of amides is 4. The fraction of sp³-hybridized carbons (Fsp3) is 0.691. The van der Waals surface area contributed by atoms with Gasteiger partial charge in [-0.2, -0.15) is 0 Å². The number of pyridine rings is 2. The number of aliphatic carboxylic acids is 1. The van der Waals surface area contributed by atoms with Gasteiger partial charge in [-0.1, -0.05) is 123 Å². The van der Waals surface area contributed by atoms with Crippen molar-refractivity contribution >= 4 is 41.1 Å². The molecule has 1 aliphatic heterocycles. The highest BCUT2D eigenvalue weighted by atomic mass is 35.5. The van der Waals surface area contributed by atoms with Gasteiger partial charge in [0.15, 0.2) is 0 Å². The number of carboxylic acids is 1. The van der Waals surface area contributed by atoms with E-state index >= 15 is 4.79 Å². The van der Waals surface area contributed by atoms with Crippen molar-refractivity contribution in [2.75, 3.05) is 103 Å². The molecule has 2 fully saturated rings. The molecule has 1 aromatic carbocycles. The summed E-state index contributed by atoms with van der Waals surface area (Å²) < 4.78 is 12.5. The lowest BCUT2D eigenvalue weighted by Crippen LogP contribution is -3.00. The Morgan fingerprint density at radius 3 is 1.82 bits per heavy atom. The lowest BCUT2D eigenvalue weighted by atomic mass is 9.85. The van der Waals surface area contributed by atoms with E-state index in [9.17, 15) is 24.3 Å². The molecule has 0 bridgehead atoms. The van der Waals surface area contributed by atoms with E-state index in [2.05, 4.69) is 39.7 Å². The van der Waals surface area contributed by atoms with Gasteiger partial charge in [-0.15, -0.1) is 0 Å². The Balaban J connectivity index is 0.0000162. The molecule has 488 valence electrons. The van der Waals surface area contributed by atoms with Gasteiger partial charge in [-0.25, -0.2) is 9.97 Å². The van der Waals surface area contributed by atoms with Gasteiger partial charge in [0, 0.05) is 76.3 Å². The molecule has 8 N–H and O–H groups in total. The number of aryl methyl sites for hydroxylation is 1. The zero-order valence-electron chi connectivity index (χ0n) is 53.9. The molecule has 19 heteroatoms. The van der Waals surface area contributed by atoms with Crippen molar-refractivity contribution < 1.29 is 55.4 Å². The normalized spacial score (nSPS) is 14.0. The summed E-state index contributed by atoms with van der Waals surface area (Å²) in [6, 6.07) is 15.6. The Morgan fingerprint density at radius 2 is 1.28 bits per heavy atom. The van der Waals surface area contributed by atoms with E-state index in [0.29, 0.717) is 124 Å². The van der Waals surface area contributed by atoms with Gasteiger partial charge < -0.3 is 63.8 Å². The third-order valence-electron chi connectivity index (χ3n) is 17.5.